The monoisotopic (exact) mass is 548 g/mol. The van der Waals surface area contributed by atoms with Gasteiger partial charge in [0, 0.05) is 0 Å². The topological polar surface area (TPSA) is 120 Å². The fourth-order valence-electron chi connectivity index (χ4n) is 7.23. The molecule has 0 aliphatic heterocycles. The highest BCUT2D eigenvalue weighted by Crippen LogP contribution is 2.65. The quantitative estimate of drug-likeness (QED) is 0.343. The zero-order chi connectivity index (χ0) is 28.3. The second-order valence-electron chi connectivity index (χ2n) is 11.1. The van der Waals surface area contributed by atoms with Crippen molar-refractivity contribution >= 4 is 24.2 Å². The molecular weight excluding hydrogens is 512 g/mol. The van der Waals surface area contributed by atoms with Gasteiger partial charge in [-0.2, -0.15) is 10.2 Å². The van der Waals surface area contributed by atoms with Crippen LogP contribution in [0.25, 0.3) is 0 Å². The molecule has 0 radical (unpaired) electrons. The molecule has 0 saturated heterocycles. The average Bonchev–Trinajstić information content (AvgIpc) is 2.96. The van der Waals surface area contributed by atoms with Gasteiger partial charge in [-0.3, -0.25) is 9.59 Å². The van der Waals surface area contributed by atoms with Crippen LogP contribution >= 0.6 is 0 Å². The number of hydrogen-bond donors (Lipinski definition) is 2. The van der Waals surface area contributed by atoms with E-state index in [2.05, 4.69) is 21.1 Å². The third-order valence-electron chi connectivity index (χ3n) is 8.60. The minimum absolute atomic E-state index is 0.121. The second kappa shape index (κ2) is 11.2. The van der Waals surface area contributed by atoms with Crippen molar-refractivity contribution < 1.29 is 28.5 Å². The molecular formula is C30H36N4O6. The van der Waals surface area contributed by atoms with E-state index in [1.807, 2.05) is 12.1 Å². The molecule has 10 nitrogen and oxygen atoms in total. The van der Waals surface area contributed by atoms with Crippen LogP contribution in [-0.4, -0.2) is 52.7 Å². The van der Waals surface area contributed by atoms with E-state index in [1.165, 1.54) is 0 Å². The highest BCUT2D eigenvalue weighted by molar-refractivity contribution is 5.90. The first-order valence-electron chi connectivity index (χ1n) is 13.4. The van der Waals surface area contributed by atoms with Crippen molar-refractivity contribution in [3.05, 3.63) is 47.5 Å². The predicted octanol–water partition coefficient (Wildman–Crippen LogP) is 3.91. The largest absolute Gasteiger partial charge is 0.493 e. The Bertz CT molecular complexity index is 1230. The number of ether oxygens (including phenoxy) is 4. The molecule has 0 heterocycles. The summed E-state index contributed by atoms with van der Waals surface area (Å²) in [6.07, 6.45) is 7.88. The molecule has 2 N–H and O–H groups in total. The summed E-state index contributed by atoms with van der Waals surface area (Å²) in [5.41, 5.74) is 5.87. The van der Waals surface area contributed by atoms with Crippen molar-refractivity contribution in [2.45, 2.75) is 38.5 Å². The third kappa shape index (κ3) is 5.22. The highest BCUT2D eigenvalue weighted by Gasteiger charge is 2.63. The molecule has 2 unspecified atom stereocenters. The van der Waals surface area contributed by atoms with Crippen LogP contribution in [0, 0.1) is 22.7 Å². The molecule has 4 bridgehead atoms. The molecule has 212 valence electrons. The first-order valence-corrected chi connectivity index (χ1v) is 13.4. The van der Waals surface area contributed by atoms with E-state index >= 15 is 0 Å². The Hall–Kier alpha value is -4.08. The van der Waals surface area contributed by atoms with Gasteiger partial charge < -0.3 is 18.9 Å². The van der Waals surface area contributed by atoms with Crippen molar-refractivity contribution in [3.8, 4) is 23.0 Å². The fourth-order valence-corrected chi connectivity index (χ4v) is 7.23. The Kier molecular flexibility index (Phi) is 7.69. The molecule has 0 spiro atoms. The van der Waals surface area contributed by atoms with Gasteiger partial charge in [-0.25, -0.2) is 10.9 Å². The van der Waals surface area contributed by atoms with Gasteiger partial charge in [0.2, 0.25) is 11.8 Å². The smallest absolute Gasteiger partial charge is 0.246 e. The zero-order valence-corrected chi connectivity index (χ0v) is 23.4. The molecule has 40 heavy (non-hydrogen) atoms. The number of rotatable bonds is 10. The fraction of sp³-hybridized carbons (Fsp3) is 0.467. The van der Waals surface area contributed by atoms with E-state index in [9.17, 15) is 9.59 Å². The number of carbonyl (C=O) groups is 2. The Morgan fingerprint density at radius 3 is 1.48 bits per heavy atom. The minimum Gasteiger partial charge on any atom is -0.493 e. The van der Waals surface area contributed by atoms with Gasteiger partial charge in [-0.15, -0.1) is 0 Å². The third-order valence-corrected chi connectivity index (χ3v) is 8.60. The summed E-state index contributed by atoms with van der Waals surface area (Å²) >= 11 is 0. The summed E-state index contributed by atoms with van der Waals surface area (Å²) in [4.78, 5) is 27.1. The van der Waals surface area contributed by atoms with Gasteiger partial charge in [-0.1, -0.05) is 0 Å². The Morgan fingerprint density at radius 2 is 1.10 bits per heavy atom. The number of nitrogens with one attached hydrogen (secondary N) is 2. The van der Waals surface area contributed by atoms with Crippen LogP contribution in [0.4, 0.5) is 0 Å². The van der Waals surface area contributed by atoms with E-state index in [1.54, 1.807) is 65.1 Å². The number of amides is 2. The van der Waals surface area contributed by atoms with Gasteiger partial charge in [0.05, 0.1) is 51.7 Å². The van der Waals surface area contributed by atoms with Crippen LogP contribution in [0.1, 0.15) is 49.7 Å². The number of carbonyl (C=O) groups excluding carboxylic acids is 2. The molecule has 0 aromatic heterocycles. The maximum absolute atomic E-state index is 13.5. The second-order valence-corrected chi connectivity index (χ2v) is 11.1. The molecule has 2 atom stereocenters. The molecule has 4 aliphatic carbocycles. The van der Waals surface area contributed by atoms with Crippen LogP contribution in [0.3, 0.4) is 0 Å². The molecule has 4 fully saturated rings. The van der Waals surface area contributed by atoms with Gasteiger partial charge in [0.15, 0.2) is 23.0 Å². The van der Waals surface area contributed by atoms with Crippen LogP contribution in [-0.2, 0) is 9.59 Å². The lowest BCUT2D eigenvalue weighted by Crippen LogP contribution is -2.60. The predicted molar refractivity (Wildman–Crippen MR) is 150 cm³/mol. The zero-order valence-electron chi connectivity index (χ0n) is 23.4. The normalized spacial score (nSPS) is 26.6. The average molecular weight is 549 g/mol. The Labute approximate surface area is 234 Å². The van der Waals surface area contributed by atoms with E-state index < -0.39 is 10.8 Å². The minimum atomic E-state index is -0.608. The lowest BCUT2D eigenvalue weighted by Gasteiger charge is -2.60. The lowest BCUT2D eigenvalue weighted by molar-refractivity contribution is -0.167. The summed E-state index contributed by atoms with van der Waals surface area (Å²) in [5.74, 6) is 2.84. The van der Waals surface area contributed by atoms with Crippen LogP contribution in [0.5, 0.6) is 23.0 Å². The van der Waals surface area contributed by atoms with Crippen molar-refractivity contribution in [1.82, 2.24) is 10.9 Å². The number of methoxy groups -OCH3 is 4. The standard InChI is InChI=1S/C30H36N4O6/c1-37-23-7-5-19(10-25(23)39-3)16-31-33-27(35)29-12-21-9-22(13-29)15-30(14-21,18-29)28(36)34-32-17-20-6-8-24(38-2)26(11-20)40-4/h5-8,10-11,16-17,21-22H,9,12-15,18H2,1-4H3,(H,33,35)(H,34,36)/b31-16-,32-17+. The van der Waals surface area contributed by atoms with Gasteiger partial charge >= 0.3 is 0 Å². The number of benzene rings is 2. The van der Waals surface area contributed by atoms with Crippen molar-refractivity contribution in [2.75, 3.05) is 28.4 Å². The first-order chi connectivity index (χ1) is 19.3. The molecule has 2 aromatic carbocycles. The Morgan fingerprint density at radius 1 is 0.700 bits per heavy atom. The van der Waals surface area contributed by atoms with Crippen molar-refractivity contribution in [1.29, 1.82) is 0 Å². The summed E-state index contributed by atoms with van der Waals surface area (Å²) in [5, 5.41) is 8.49. The molecule has 2 aromatic rings. The van der Waals surface area contributed by atoms with E-state index in [0.717, 1.165) is 43.2 Å². The Balaban J connectivity index is 1.26. The van der Waals surface area contributed by atoms with Gasteiger partial charge in [-0.05, 0) is 97.9 Å². The van der Waals surface area contributed by atoms with Crippen molar-refractivity contribution in [2.24, 2.45) is 32.9 Å². The molecule has 4 aliphatic rings. The van der Waals surface area contributed by atoms with Crippen LogP contribution < -0.4 is 29.8 Å². The van der Waals surface area contributed by atoms with E-state index in [-0.39, 0.29) is 11.8 Å². The summed E-state index contributed by atoms with van der Waals surface area (Å²) in [6.45, 7) is 0. The highest BCUT2D eigenvalue weighted by atomic mass is 16.5. The maximum atomic E-state index is 13.5. The molecule has 10 heteroatoms. The SMILES string of the molecule is COc1ccc(/C=N\NC(=O)C23CC4CC(C2)CC(C(=O)N/N=C/c2ccc(OC)c(OC)c2)(C4)C3)cc1OC. The summed E-state index contributed by atoms with van der Waals surface area (Å²) < 4.78 is 21.2. The maximum Gasteiger partial charge on any atom is 0.246 e. The summed E-state index contributed by atoms with van der Waals surface area (Å²) in [7, 11) is 6.30. The van der Waals surface area contributed by atoms with Gasteiger partial charge in [0.25, 0.3) is 0 Å². The van der Waals surface area contributed by atoms with Crippen molar-refractivity contribution in [3.63, 3.8) is 0 Å². The number of hydrogen-bond acceptors (Lipinski definition) is 8. The van der Waals surface area contributed by atoms with Crippen LogP contribution in [0.2, 0.25) is 0 Å². The summed E-state index contributed by atoms with van der Waals surface area (Å²) in [6, 6.07) is 10.8. The molecule has 4 saturated carbocycles. The van der Waals surface area contributed by atoms with Crippen LogP contribution in [0.15, 0.2) is 46.6 Å². The number of nitrogens with zero attached hydrogens (tertiary/aromatic N) is 2. The van der Waals surface area contributed by atoms with E-state index in [0.29, 0.717) is 41.3 Å². The first kappa shape index (κ1) is 27.5. The molecule has 6 rings (SSSR count). The number of hydrazone groups is 2. The lowest BCUT2D eigenvalue weighted by atomic mass is 9.43. The van der Waals surface area contributed by atoms with Gasteiger partial charge in [0.1, 0.15) is 0 Å². The van der Waals surface area contributed by atoms with E-state index in [4.69, 9.17) is 18.9 Å². The molecule has 2 amide bonds.